The highest BCUT2D eigenvalue weighted by Gasteiger charge is 2.63. The van der Waals surface area contributed by atoms with Gasteiger partial charge >= 0.3 is 0 Å². The van der Waals surface area contributed by atoms with Gasteiger partial charge in [-0.3, -0.25) is 14.2 Å². The Kier molecular flexibility index (Phi) is 4.85. The minimum atomic E-state index is -0.251. The third-order valence-corrected chi connectivity index (χ3v) is 8.97. The van der Waals surface area contributed by atoms with E-state index in [-0.39, 0.29) is 18.8 Å². The number of halogens is 1. The van der Waals surface area contributed by atoms with Gasteiger partial charge < -0.3 is 4.74 Å². The second-order valence-electron chi connectivity index (χ2n) is 11.2. The van der Waals surface area contributed by atoms with Crippen LogP contribution < -0.4 is 4.74 Å². The lowest BCUT2D eigenvalue weighted by Crippen LogP contribution is -2.71. The molecule has 0 unspecified atom stereocenters. The predicted octanol–water partition coefficient (Wildman–Crippen LogP) is 4.60. The second kappa shape index (κ2) is 7.85. The number of hydrogen-bond donors (Lipinski definition) is 0. The molecule has 4 aliphatic carbocycles. The minimum Gasteiger partial charge on any atom is -0.485 e. The van der Waals surface area contributed by atoms with Crippen molar-refractivity contribution in [1.82, 2.24) is 19.8 Å². The highest BCUT2D eigenvalue weighted by molar-refractivity contribution is 5.78. The number of fused-ring (bicyclic) bond motifs is 2. The summed E-state index contributed by atoms with van der Waals surface area (Å²) in [5, 5.41) is 0. The van der Waals surface area contributed by atoms with Crippen LogP contribution in [0.5, 0.6) is 5.75 Å². The number of likely N-dealkylation sites (tertiary alicyclic amines) is 1. The van der Waals surface area contributed by atoms with Gasteiger partial charge in [-0.25, -0.2) is 9.97 Å². The van der Waals surface area contributed by atoms with E-state index >= 15 is 0 Å². The van der Waals surface area contributed by atoms with Crippen LogP contribution in [0.1, 0.15) is 62.0 Å². The standard InChI is InChI=1S/C28H33FN4O/c1-18-9-24-23-6-3-2-5-20(23)10-25(24)26(33(18)28-11-19(12-28)13-28)27-30-14-21(15-31-27)34-22-16-32(17-22)8-4-7-29/h2-3,5-6,14-15,18-19,22,26H,4,7-13,16-17H2,1H3/t18-,19?,26+,28?/m1/s1. The molecule has 2 atom stereocenters. The third kappa shape index (κ3) is 3.18. The number of nitrogens with zero attached hydrogens (tertiary/aromatic N) is 4. The molecule has 1 aromatic heterocycles. The fourth-order valence-corrected chi connectivity index (χ4v) is 7.33. The number of aromatic nitrogens is 2. The van der Waals surface area contributed by atoms with Crippen LogP contribution in [-0.4, -0.2) is 63.8 Å². The van der Waals surface area contributed by atoms with Crippen molar-refractivity contribution in [2.24, 2.45) is 5.92 Å². The fourth-order valence-electron chi connectivity index (χ4n) is 7.33. The molecular weight excluding hydrogens is 427 g/mol. The molecule has 6 aliphatic rings. The molecule has 2 bridgehead atoms. The topological polar surface area (TPSA) is 41.5 Å². The molecule has 3 heterocycles. The number of rotatable bonds is 7. The molecule has 178 valence electrons. The van der Waals surface area contributed by atoms with Gasteiger partial charge in [0.05, 0.1) is 25.1 Å². The van der Waals surface area contributed by atoms with Gasteiger partial charge in [-0.05, 0) is 73.6 Å². The van der Waals surface area contributed by atoms with Gasteiger partial charge in [-0.1, -0.05) is 24.3 Å². The molecule has 6 heteroatoms. The van der Waals surface area contributed by atoms with E-state index in [9.17, 15) is 4.39 Å². The van der Waals surface area contributed by atoms with E-state index in [2.05, 4.69) is 41.0 Å². The van der Waals surface area contributed by atoms with E-state index in [1.165, 1.54) is 41.5 Å². The van der Waals surface area contributed by atoms with Crippen molar-refractivity contribution in [2.75, 3.05) is 26.3 Å². The summed E-state index contributed by atoms with van der Waals surface area (Å²) >= 11 is 0. The first-order valence-electron chi connectivity index (χ1n) is 13.0. The summed E-state index contributed by atoms with van der Waals surface area (Å²) in [6.07, 6.45) is 10.6. The molecular formula is C28H33FN4O. The first kappa shape index (κ1) is 21.0. The summed E-state index contributed by atoms with van der Waals surface area (Å²) in [5.74, 6) is 2.60. The Morgan fingerprint density at radius 3 is 2.59 bits per heavy atom. The maximum atomic E-state index is 12.4. The molecule has 2 aromatic rings. The van der Waals surface area contributed by atoms with Crippen molar-refractivity contribution in [3.05, 3.63) is 59.2 Å². The lowest BCUT2D eigenvalue weighted by molar-refractivity contribution is -0.174. The fraction of sp³-hybridized carbons (Fsp3) is 0.571. The van der Waals surface area contributed by atoms with Crippen LogP contribution >= 0.6 is 0 Å². The number of hydrogen-bond acceptors (Lipinski definition) is 5. The van der Waals surface area contributed by atoms with Crippen LogP contribution in [0, 0.1) is 5.92 Å². The molecule has 34 heavy (non-hydrogen) atoms. The van der Waals surface area contributed by atoms with Gasteiger partial charge in [0.1, 0.15) is 11.9 Å². The van der Waals surface area contributed by atoms with Crippen molar-refractivity contribution >= 4 is 5.57 Å². The Morgan fingerprint density at radius 2 is 1.88 bits per heavy atom. The zero-order valence-electron chi connectivity index (χ0n) is 19.9. The summed E-state index contributed by atoms with van der Waals surface area (Å²) in [5.41, 5.74) is 6.29. The number of ether oxygens (including phenoxy) is 1. The summed E-state index contributed by atoms with van der Waals surface area (Å²) in [6.45, 7) is 4.67. The van der Waals surface area contributed by atoms with Crippen molar-refractivity contribution in [3.63, 3.8) is 0 Å². The normalized spacial score (nSPS) is 32.5. The van der Waals surface area contributed by atoms with E-state index in [1.54, 1.807) is 0 Å². The third-order valence-electron chi connectivity index (χ3n) is 8.97. The van der Waals surface area contributed by atoms with Crippen LogP contribution in [0.25, 0.3) is 5.57 Å². The SMILES string of the molecule is C[C@@H]1CC2=C(Cc3ccccc32)[C@@H](c2ncc(OC3CN(CCCF)C3)cn2)N1C12CC(C1)C2. The predicted molar refractivity (Wildman–Crippen MR) is 129 cm³/mol. The average molecular weight is 461 g/mol. The van der Waals surface area contributed by atoms with Gasteiger partial charge in [0, 0.05) is 31.2 Å². The van der Waals surface area contributed by atoms with Crippen molar-refractivity contribution in [1.29, 1.82) is 0 Å². The molecule has 0 N–H and O–H groups in total. The second-order valence-corrected chi connectivity index (χ2v) is 11.2. The average Bonchev–Trinajstić information content (AvgIpc) is 3.12. The molecule has 2 aliphatic heterocycles. The van der Waals surface area contributed by atoms with E-state index < -0.39 is 0 Å². The van der Waals surface area contributed by atoms with Gasteiger partial charge in [-0.2, -0.15) is 0 Å². The van der Waals surface area contributed by atoms with Crippen molar-refractivity contribution in [3.8, 4) is 5.75 Å². The van der Waals surface area contributed by atoms with Gasteiger partial charge in [0.2, 0.25) is 0 Å². The molecule has 3 saturated carbocycles. The summed E-state index contributed by atoms with van der Waals surface area (Å²) in [4.78, 5) is 14.8. The molecule has 5 nitrogen and oxygen atoms in total. The molecule has 0 amide bonds. The van der Waals surface area contributed by atoms with E-state index in [0.29, 0.717) is 18.0 Å². The van der Waals surface area contributed by atoms with E-state index in [0.717, 1.165) is 50.0 Å². The first-order valence-corrected chi connectivity index (χ1v) is 13.0. The first-order chi connectivity index (χ1) is 16.6. The Hall–Kier alpha value is -2.31. The van der Waals surface area contributed by atoms with Gasteiger partial charge in [-0.15, -0.1) is 0 Å². The molecule has 1 aromatic carbocycles. The Balaban J connectivity index is 1.15. The van der Waals surface area contributed by atoms with Crippen molar-refractivity contribution in [2.45, 2.75) is 69.2 Å². The molecule has 8 rings (SSSR count). The van der Waals surface area contributed by atoms with Crippen LogP contribution in [0.2, 0.25) is 0 Å². The van der Waals surface area contributed by atoms with E-state index in [1.807, 2.05) is 12.4 Å². The maximum absolute atomic E-state index is 12.4. The zero-order chi connectivity index (χ0) is 22.9. The Labute approximate surface area is 201 Å². The highest BCUT2D eigenvalue weighted by Crippen LogP contribution is 2.65. The maximum Gasteiger partial charge on any atom is 0.156 e. The summed E-state index contributed by atoms with van der Waals surface area (Å²) < 4.78 is 18.5. The smallest absolute Gasteiger partial charge is 0.156 e. The lowest BCUT2D eigenvalue weighted by Gasteiger charge is -2.70. The Bertz CT molecular complexity index is 1110. The van der Waals surface area contributed by atoms with Crippen LogP contribution in [0.3, 0.4) is 0 Å². The summed E-state index contributed by atoms with van der Waals surface area (Å²) in [7, 11) is 0. The summed E-state index contributed by atoms with van der Waals surface area (Å²) in [6, 6.07) is 9.56. The van der Waals surface area contributed by atoms with Crippen LogP contribution in [0.15, 0.2) is 42.2 Å². The van der Waals surface area contributed by atoms with Gasteiger partial charge in [0.15, 0.2) is 5.75 Å². The molecule has 1 saturated heterocycles. The van der Waals surface area contributed by atoms with Crippen molar-refractivity contribution < 1.29 is 9.13 Å². The highest BCUT2D eigenvalue weighted by atomic mass is 19.1. The number of benzene rings is 1. The largest absolute Gasteiger partial charge is 0.485 e. The lowest BCUT2D eigenvalue weighted by atomic mass is 9.48. The minimum absolute atomic E-state index is 0.152. The van der Waals surface area contributed by atoms with E-state index in [4.69, 9.17) is 14.7 Å². The number of alkyl halides is 1. The molecule has 0 radical (unpaired) electrons. The Morgan fingerprint density at radius 1 is 1.12 bits per heavy atom. The molecule has 0 spiro atoms. The van der Waals surface area contributed by atoms with Crippen LogP contribution in [0.4, 0.5) is 4.39 Å². The monoisotopic (exact) mass is 460 g/mol. The van der Waals surface area contributed by atoms with Crippen LogP contribution in [-0.2, 0) is 6.42 Å². The zero-order valence-corrected chi connectivity index (χ0v) is 19.9. The molecule has 4 fully saturated rings. The van der Waals surface area contributed by atoms with Gasteiger partial charge in [0.25, 0.3) is 0 Å². The quantitative estimate of drug-likeness (QED) is 0.604.